The van der Waals surface area contributed by atoms with Gasteiger partial charge in [0, 0.05) is 22.4 Å². The maximum Gasteiger partial charge on any atom is 0.234 e. The minimum Gasteiger partial charge on any atom is -0.497 e. The van der Waals surface area contributed by atoms with Crippen LogP contribution in [0.4, 0.5) is 5.69 Å². The summed E-state index contributed by atoms with van der Waals surface area (Å²) in [6.07, 6.45) is 0. The van der Waals surface area contributed by atoms with Gasteiger partial charge >= 0.3 is 0 Å². The minimum atomic E-state index is -0.238. The number of benzene rings is 3. The zero-order valence-electron chi connectivity index (χ0n) is 18.9. The van der Waals surface area contributed by atoms with Gasteiger partial charge in [-0.1, -0.05) is 42.1 Å². The number of nitrogens with one attached hydrogen (secondary N) is 1. The fourth-order valence-corrected chi connectivity index (χ4v) is 4.12. The second kappa shape index (κ2) is 11.1. The van der Waals surface area contributed by atoms with E-state index in [0.717, 1.165) is 11.3 Å². The SMILES string of the molecule is COc1ccc(-c2ccc(C#N)c(SCC(=O)Nc3ccc(C(=O)c4ccccc4)cc3)n2)cc1. The Balaban J connectivity index is 1.40. The van der Waals surface area contributed by atoms with Gasteiger partial charge in [-0.15, -0.1) is 0 Å². The van der Waals surface area contributed by atoms with Gasteiger partial charge in [-0.3, -0.25) is 9.59 Å². The van der Waals surface area contributed by atoms with Crippen molar-refractivity contribution in [1.29, 1.82) is 5.26 Å². The van der Waals surface area contributed by atoms with E-state index in [-0.39, 0.29) is 17.4 Å². The first kappa shape index (κ1) is 23.7. The van der Waals surface area contributed by atoms with E-state index in [1.807, 2.05) is 42.5 Å². The van der Waals surface area contributed by atoms with E-state index in [1.165, 1.54) is 11.8 Å². The third kappa shape index (κ3) is 5.94. The lowest BCUT2D eigenvalue weighted by Crippen LogP contribution is -2.14. The first-order chi connectivity index (χ1) is 17.1. The third-order valence-electron chi connectivity index (χ3n) is 5.17. The van der Waals surface area contributed by atoms with Gasteiger partial charge in [0.2, 0.25) is 5.91 Å². The fourth-order valence-electron chi connectivity index (χ4n) is 3.35. The van der Waals surface area contributed by atoms with E-state index in [1.54, 1.807) is 55.6 Å². The van der Waals surface area contributed by atoms with Crippen LogP contribution in [0.2, 0.25) is 0 Å². The van der Waals surface area contributed by atoms with E-state index in [9.17, 15) is 14.9 Å². The van der Waals surface area contributed by atoms with Crippen LogP contribution in [0.5, 0.6) is 5.75 Å². The molecule has 35 heavy (non-hydrogen) atoms. The molecule has 172 valence electrons. The molecule has 0 radical (unpaired) electrons. The monoisotopic (exact) mass is 479 g/mol. The van der Waals surface area contributed by atoms with Crippen molar-refractivity contribution in [3.63, 3.8) is 0 Å². The molecule has 0 bridgehead atoms. The van der Waals surface area contributed by atoms with Crippen molar-refractivity contribution in [3.8, 4) is 23.1 Å². The van der Waals surface area contributed by atoms with Crippen LogP contribution in [0.15, 0.2) is 96.0 Å². The van der Waals surface area contributed by atoms with Gasteiger partial charge in [0.05, 0.1) is 24.1 Å². The maximum atomic E-state index is 12.5. The summed E-state index contributed by atoms with van der Waals surface area (Å²) in [6, 6.07) is 28.9. The Morgan fingerprint density at radius 2 is 1.60 bits per heavy atom. The number of pyridine rings is 1. The number of nitriles is 1. The largest absolute Gasteiger partial charge is 0.497 e. The summed E-state index contributed by atoms with van der Waals surface area (Å²) in [7, 11) is 1.60. The van der Waals surface area contributed by atoms with Crippen LogP contribution in [0.3, 0.4) is 0 Å². The Morgan fingerprint density at radius 3 is 2.26 bits per heavy atom. The van der Waals surface area contributed by atoms with Gasteiger partial charge in [-0.05, 0) is 60.7 Å². The number of hydrogen-bond acceptors (Lipinski definition) is 6. The second-order valence-electron chi connectivity index (χ2n) is 7.50. The average Bonchev–Trinajstić information content (AvgIpc) is 2.92. The molecule has 1 N–H and O–H groups in total. The van der Waals surface area contributed by atoms with E-state index in [0.29, 0.717) is 33.1 Å². The Morgan fingerprint density at radius 1 is 0.914 bits per heavy atom. The molecule has 0 saturated carbocycles. The lowest BCUT2D eigenvalue weighted by atomic mass is 10.0. The van der Waals surface area contributed by atoms with Crippen LogP contribution < -0.4 is 10.1 Å². The zero-order valence-corrected chi connectivity index (χ0v) is 19.7. The van der Waals surface area contributed by atoms with E-state index in [2.05, 4.69) is 16.4 Å². The number of methoxy groups -OCH3 is 1. The molecule has 1 heterocycles. The molecule has 0 aliphatic heterocycles. The quantitative estimate of drug-likeness (QED) is 0.262. The summed E-state index contributed by atoms with van der Waals surface area (Å²) in [5.74, 6) is 0.507. The molecule has 0 saturated heterocycles. The number of amides is 1. The van der Waals surface area contributed by atoms with Gasteiger partial charge in [0.15, 0.2) is 5.78 Å². The number of nitrogens with zero attached hydrogens (tertiary/aromatic N) is 2. The molecule has 7 heteroatoms. The standard InChI is InChI=1S/C28H21N3O3S/c1-34-24-14-9-19(10-15-24)25-16-11-22(17-29)28(31-25)35-18-26(32)30-23-12-7-21(8-13-23)27(33)20-5-3-2-4-6-20/h2-16H,18H2,1H3,(H,30,32). The Hall–Kier alpha value is -4.41. The summed E-state index contributed by atoms with van der Waals surface area (Å²) in [5.41, 5.74) is 3.73. The first-order valence-corrected chi connectivity index (χ1v) is 11.7. The maximum absolute atomic E-state index is 12.5. The number of thioether (sulfide) groups is 1. The van der Waals surface area contributed by atoms with Crippen molar-refractivity contribution >= 4 is 29.1 Å². The summed E-state index contributed by atoms with van der Waals surface area (Å²) in [6.45, 7) is 0. The fraction of sp³-hybridized carbons (Fsp3) is 0.0714. The number of rotatable bonds is 8. The topological polar surface area (TPSA) is 92.1 Å². The zero-order chi connectivity index (χ0) is 24.6. The lowest BCUT2D eigenvalue weighted by molar-refractivity contribution is -0.113. The number of ketones is 1. The summed E-state index contributed by atoms with van der Waals surface area (Å²) in [5, 5.41) is 12.8. The Kier molecular flexibility index (Phi) is 7.56. The van der Waals surface area contributed by atoms with Crippen molar-refractivity contribution in [3.05, 3.63) is 108 Å². The first-order valence-electron chi connectivity index (χ1n) is 10.8. The molecule has 0 unspecified atom stereocenters. The van der Waals surface area contributed by atoms with Crippen LogP contribution in [-0.4, -0.2) is 29.5 Å². The Bertz CT molecular complexity index is 1380. The average molecular weight is 480 g/mol. The molecule has 0 aliphatic rings. The smallest absolute Gasteiger partial charge is 0.234 e. The summed E-state index contributed by atoms with van der Waals surface area (Å²) >= 11 is 1.20. The van der Waals surface area contributed by atoms with Crippen molar-refractivity contribution in [2.45, 2.75) is 5.03 Å². The summed E-state index contributed by atoms with van der Waals surface area (Å²) in [4.78, 5) is 29.6. The van der Waals surface area contributed by atoms with Crippen LogP contribution in [0, 0.1) is 11.3 Å². The molecule has 6 nitrogen and oxygen atoms in total. The van der Waals surface area contributed by atoms with Gasteiger partial charge < -0.3 is 10.1 Å². The predicted octanol–water partition coefficient (Wildman–Crippen LogP) is 5.59. The number of aromatic nitrogens is 1. The highest BCUT2D eigenvalue weighted by atomic mass is 32.2. The van der Waals surface area contributed by atoms with Crippen molar-refractivity contribution < 1.29 is 14.3 Å². The lowest BCUT2D eigenvalue weighted by Gasteiger charge is -2.09. The molecule has 4 rings (SSSR count). The van der Waals surface area contributed by atoms with Gasteiger partial charge in [0.1, 0.15) is 16.8 Å². The minimum absolute atomic E-state index is 0.0779. The van der Waals surface area contributed by atoms with Gasteiger partial charge in [0.25, 0.3) is 0 Å². The van der Waals surface area contributed by atoms with Crippen LogP contribution >= 0.6 is 11.8 Å². The van der Waals surface area contributed by atoms with Crippen LogP contribution in [0.1, 0.15) is 21.5 Å². The molecular weight excluding hydrogens is 458 g/mol. The molecule has 3 aromatic carbocycles. The predicted molar refractivity (Wildman–Crippen MR) is 137 cm³/mol. The Labute approximate surface area is 207 Å². The van der Waals surface area contributed by atoms with E-state index < -0.39 is 0 Å². The number of hydrogen-bond donors (Lipinski definition) is 1. The van der Waals surface area contributed by atoms with Gasteiger partial charge in [-0.2, -0.15) is 5.26 Å². The molecule has 0 fully saturated rings. The molecule has 0 aliphatic carbocycles. The number of carbonyl (C=O) groups excluding carboxylic acids is 2. The molecule has 1 amide bonds. The highest BCUT2D eigenvalue weighted by molar-refractivity contribution is 8.00. The van der Waals surface area contributed by atoms with Crippen molar-refractivity contribution in [2.75, 3.05) is 18.2 Å². The van der Waals surface area contributed by atoms with Crippen molar-refractivity contribution in [1.82, 2.24) is 4.98 Å². The molecule has 4 aromatic rings. The molecule has 0 atom stereocenters. The van der Waals surface area contributed by atoms with Crippen LogP contribution in [-0.2, 0) is 4.79 Å². The molecule has 0 spiro atoms. The second-order valence-corrected chi connectivity index (χ2v) is 8.46. The number of anilines is 1. The summed E-state index contributed by atoms with van der Waals surface area (Å²) < 4.78 is 5.19. The highest BCUT2D eigenvalue weighted by Gasteiger charge is 2.12. The molecular formula is C28H21N3O3S. The normalized spacial score (nSPS) is 10.3. The van der Waals surface area contributed by atoms with E-state index >= 15 is 0 Å². The molecule has 1 aromatic heterocycles. The number of ether oxygens (including phenoxy) is 1. The van der Waals surface area contributed by atoms with Gasteiger partial charge in [-0.25, -0.2) is 4.98 Å². The highest BCUT2D eigenvalue weighted by Crippen LogP contribution is 2.27. The van der Waals surface area contributed by atoms with Crippen LogP contribution in [0.25, 0.3) is 11.3 Å². The van der Waals surface area contributed by atoms with Crippen molar-refractivity contribution in [2.24, 2.45) is 0 Å². The number of carbonyl (C=O) groups is 2. The third-order valence-corrected chi connectivity index (χ3v) is 6.16. The van der Waals surface area contributed by atoms with E-state index in [4.69, 9.17) is 4.74 Å².